The third-order valence-corrected chi connectivity index (χ3v) is 4.31. The van der Waals surface area contributed by atoms with Crippen molar-refractivity contribution in [3.05, 3.63) is 29.3 Å². The van der Waals surface area contributed by atoms with Crippen LogP contribution >= 0.6 is 0 Å². The Morgan fingerprint density at radius 2 is 1.88 bits per heavy atom. The molecule has 7 nitrogen and oxygen atoms in total. The average Bonchev–Trinajstić information content (AvgIpc) is 2.76. The molecule has 0 spiro atoms. The molecule has 0 radical (unpaired) electrons. The van der Waals surface area contributed by atoms with Crippen LogP contribution in [0.1, 0.15) is 54.3 Å². The zero-order valence-electron chi connectivity index (χ0n) is 13.7. The van der Waals surface area contributed by atoms with Gasteiger partial charge >= 0.3 is 0 Å². The molecule has 0 saturated carbocycles. The van der Waals surface area contributed by atoms with E-state index in [-0.39, 0.29) is 30.1 Å². The number of ether oxygens (including phenoxy) is 1. The van der Waals surface area contributed by atoms with Crippen molar-refractivity contribution in [3.63, 3.8) is 0 Å². The highest BCUT2D eigenvalue weighted by Gasteiger charge is 2.53. The minimum Gasteiger partial charge on any atom is -0.490 e. The zero-order chi connectivity index (χ0) is 17.6. The van der Waals surface area contributed by atoms with Crippen molar-refractivity contribution in [1.82, 2.24) is 10.2 Å². The second kappa shape index (κ2) is 5.43. The second-order valence-electron chi connectivity index (χ2n) is 6.44. The Kier molecular flexibility index (Phi) is 3.66. The van der Waals surface area contributed by atoms with Crippen molar-refractivity contribution in [2.45, 2.75) is 45.3 Å². The fourth-order valence-corrected chi connectivity index (χ4v) is 3.06. The molecule has 1 unspecified atom stereocenters. The van der Waals surface area contributed by atoms with Crippen molar-refractivity contribution in [1.29, 1.82) is 0 Å². The Labute approximate surface area is 139 Å². The number of fused-ring (bicyclic) bond motifs is 1. The predicted molar refractivity (Wildman–Crippen MR) is 83.5 cm³/mol. The lowest BCUT2D eigenvalue weighted by molar-refractivity contribution is -0.140. The highest BCUT2D eigenvalue weighted by molar-refractivity contribution is 6.25. The summed E-state index contributed by atoms with van der Waals surface area (Å²) in [6.45, 7) is 5.14. The van der Waals surface area contributed by atoms with Gasteiger partial charge in [0.1, 0.15) is 11.3 Å². The Hall–Kier alpha value is -2.70. The van der Waals surface area contributed by atoms with Gasteiger partial charge in [0.2, 0.25) is 5.91 Å². The van der Waals surface area contributed by atoms with E-state index in [9.17, 15) is 19.2 Å². The van der Waals surface area contributed by atoms with E-state index in [1.54, 1.807) is 12.1 Å². The summed E-state index contributed by atoms with van der Waals surface area (Å²) in [7, 11) is 0. The molecule has 126 valence electrons. The van der Waals surface area contributed by atoms with Crippen molar-refractivity contribution in [2.75, 3.05) is 0 Å². The Bertz CT molecular complexity index is 770. The first-order chi connectivity index (χ1) is 11.3. The van der Waals surface area contributed by atoms with E-state index < -0.39 is 29.2 Å². The molecule has 0 bridgehead atoms. The maximum absolute atomic E-state index is 12.9. The van der Waals surface area contributed by atoms with Gasteiger partial charge in [0.15, 0.2) is 0 Å². The van der Waals surface area contributed by atoms with Gasteiger partial charge in [-0.25, -0.2) is 0 Å². The summed E-state index contributed by atoms with van der Waals surface area (Å²) in [5.41, 5.74) is -1.01. The summed E-state index contributed by atoms with van der Waals surface area (Å²) in [4.78, 5) is 50.3. The van der Waals surface area contributed by atoms with Crippen molar-refractivity contribution >= 4 is 23.6 Å². The first kappa shape index (κ1) is 16.2. The number of piperidine rings is 1. The van der Waals surface area contributed by atoms with Crippen LogP contribution in [0.25, 0.3) is 0 Å². The van der Waals surface area contributed by atoms with Gasteiger partial charge in [-0.2, -0.15) is 0 Å². The van der Waals surface area contributed by atoms with E-state index >= 15 is 0 Å². The van der Waals surface area contributed by atoms with Crippen LogP contribution in [0.2, 0.25) is 0 Å². The highest BCUT2D eigenvalue weighted by Crippen LogP contribution is 2.37. The van der Waals surface area contributed by atoms with Gasteiger partial charge < -0.3 is 4.74 Å². The lowest BCUT2D eigenvalue weighted by atomic mass is 9.89. The molecule has 4 amide bonds. The summed E-state index contributed by atoms with van der Waals surface area (Å²) in [6, 6.07) is 4.80. The van der Waals surface area contributed by atoms with Gasteiger partial charge in [-0.3, -0.25) is 29.4 Å². The van der Waals surface area contributed by atoms with Crippen LogP contribution in [0, 0.1) is 0 Å². The van der Waals surface area contributed by atoms with Gasteiger partial charge in [-0.15, -0.1) is 0 Å². The van der Waals surface area contributed by atoms with Crippen LogP contribution in [-0.4, -0.2) is 40.2 Å². The molecule has 2 heterocycles. The van der Waals surface area contributed by atoms with Crippen LogP contribution in [0.5, 0.6) is 5.75 Å². The SMILES string of the molecule is CC(C)Oc1cccc2c1C(=O)N(C1(C)CCC(=O)NC1=O)C2=O. The third kappa shape index (κ3) is 2.28. The van der Waals surface area contributed by atoms with Crippen LogP contribution in [0.3, 0.4) is 0 Å². The molecule has 1 fully saturated rings. The van der Waals surface area contributed by atoms with E-state index in [2.05, 4.69) is 5.32 Å². The molecule has 1 aromatic rings. The smallest absolute Gasteiger partial charge is 0.266 e. The molecular weight excluding hydrogens is 312 g/mol. The molecule has 1 aromatic carbocycles. The molecule has 2 aliphatic rings. The summed E-state index contributed by atoms with van der Waals surface area (Å²) in [5.74, 6) is -1.84. The molecule has 1 N–H and O–H groups in total. The third-order valence-electron chi connectivity index (χ3n) is 4.31. The number of rotatable bonds is 3. The number of amides is 4. The fraction of sp³-hybridized carbons (Fsp3) is 0.412. The second-order valence-corrected chi connectivity index (χ2v) is 6.44. The van der Waals surface area contributed by atoms with Crippen LogP contribution in [-0.2, 0) is 9.59 Å². The average molecular weight is 330 g/mol. The van der Waals surface area contributed by atoms with Crippen molar-refractivity contribution in [3.8, 4) is 5.75 Å². The number of imide groups is 2. The fourth-order valence-electron chi connectivity index (χ4n) is 3.06. The Morgan fingerprint density at radius 1 is 1.17 bits per heavy atom. The topological polar surface area (TPSA) is 92.8 Å². The van der Waals surface area contributed by atoms with Crippen LogP contribution in [0.4, 0.5) is 0 Å². The first-order valence-electron chi connectivity index (χ1n) is 7.78. The molecule has 2 aliphatic heterocycles. The van der Waals surface area contributed by atoms with Crippen LogP contribution < -0.4 is 10.1 Å². The standard InChI is InChI=1S/C17H18N2O5/c1-9(2)24-11-6-4-5-10-13(11)15(22)19(14(10)21)17(3)8-7-12(20)18-16(17)23/h4-6,9H,7-8H2,1-3H3,(H,18,20,23). The largest absolute Gasteiger partial charge is 0.490 e. The lowest BCUT2D eigenvalue weighted by Gasteiger charge is -2.38. The monoisotopic (exact) mass is 330 g/mol. The number of nitrogens with one attached hydrogen (secondary N) is 1. The van der Waals surface area contributed by atoms with E-state index in [1.807, 2.05) is 13.8 Å². The van der Waals surface area contributed by atoms with Gasteiger partial charge in [-0.1, -0.05) is 6.07 Å². The van der Waals surface area contributed by atoms with Gasteiger partial charge in [0.25, 0.3) is 17.7 Å². The Balaban J connectivity index is 2.04. The summed E-state index contributed by atoms with van der Waals surface area (Å²) in [5, 5.41) is 2.21. The number of carbonyl (C=O) groups is 4. The van der Waals surface area contributed by atoms with E-state index in [0.717, 1.165) is 4.90 Å². The highest BCUT2D eigenvalue weighted by atomic mass is 16.5. The number of nitrogens with zero attached hydrogens (tertiary/aromatic N) is 1. The summed E-state index contributed by atoms with van der Waals surface area (Å²) >= 11 is 0. The maximum Gasteiger partial charge on any atom is 0.266 e. The molecular formula is C17H18N2O5. The molecule has 3 rings (SSSR count). The Morgan fingerprint density at radius 3 is 2.50 bits per heavy atom. The number of benzene rings is 1. The van der Waals surface area contributed by atoms with E-state index in [0.29, 0.717) is 5.75 Å². The van der Waals surface area contributed by atoms with Gasteiger partial charge in [0, 0.05) is 6.42 Å². The molecule has 24 heavy (non-hydrogen) atoms. The summed E-state index contributed by atoms with van der Waals surface area (Å²) < 4.78 is 5.63. The lowest BCUT2D eigenvalue weighted by Crippen LogP contribution is -2.62. The van der Waals surface area contributed by atoms with Gasteiger partial charge in [-0.05, 0) is 39.3 Å². The molecule has 1 saturated heterocycles. The van der Waals surface area contributed by atoms with Crippen LogP contribution in [0.15, 0.2) is 18.2 Å². The first-order valence-corrected chi connectivity index (χ1v) is 7.78. The van der Waals surface area contributed by atoms with Crippen molar-refractivity contribution < 1.29 is 23.9 Å². The molecule has 0 aliphatic carbocycles. The normalized spacial score (nSPS) is 23.6. The minimum absolute atomic E-state index is 0.0744. The predicted octanol–water partition coefficient (Wildman–Crippen LogP) is 1.27. The van der Waals surface area contributed by atoms with E-state index in [4.69, 9.17) is 4.74 Å². The molecule has 0 aromatic heterocycles. The maximum atomic E-state index is 12.9. The van der Waals surface area contributed by atoms with Gasteiger partial charge in [0.05, 0.1) is 17.2 Å². The van der Waals surface area contributed by atoms with E-state index in [1.165, 1.54) is 13.0 Å². The quantitative estimate of drug-likeness (QED) is 0.842. The number of hydrogen-bond acceptors (Lipinski definition) is 5. The minimum atomic E-state index is -1.39. The van der Waals surface area contributed by atoms with Crippen molar-refractivity contribution in [2.24, 2.45) is 0 Å². The number of carbonyl (C=O) groups excluding carboxylic acids is 4. The number of hydrogen-bond donors (Lipinski definition) is 1. The summed E-state index contributed by atoms with van der Waals surface area (Å²) in [6.07, 6.45) is 0.00810. The zero-order valence-corrected chi connectivity index (χ0v) is 13.7. The molecule has 7 heteroatoms. The molecule has 1 atom stereocenters.